The van der Waals surface area contributed by atoms with Crippen LogP contribution in [0.25, 0.3) is 5.70 Å². The van der Waals surface area contributed by atoms with Gasteiger partial charge in [-0.15, -0.1) is 0 Å². The summed E-state index contributed by atoms with van der Waals surface area (Å²) in [5.41, 5.74) is 7.75. The standard InChI is InChI=1S/C11H14N/c1-2-3-9-11(12)10-7-5-4-6-8-10/h4-9H,1-3,12H2. The predicted octanol–water partition coefficient (Wildman–Crippen LogP) is 2.60. The zero-order valence-corrected chi connectivity index (χ0v) is 7.16. The van der Waals surface area contributed by atoms with Crippen LogP contribution in [0.4, 0.5) is 0 Å². The van der Waals surface area contributed by atoms with Crippen molar-refractivity contribution >= 4 is 5.70 Å². The van der Waals surface area contributed by atoms with E-state index in [4.69, 9.17) is 5.73 Å². The van der Waals surface area contributed by atoms with Crippen LogP contribution in [0.15, 0.2) is 36.4 Å². The predicted molar refractivity (Wildman–Crippen MR) is 53.2 cm³/mol. The number of rotatable bonds is 3. The third-order valence-corrected chi connectivity index (χ3v) is 1.68. The summed E-state index contributed by atoms with van der Waals surface area (Å²) in [4.78, 5) is 0. The van der Waals surface area contributed by atoms with Crippen molar-refractivity contribution in [1.82, 2.24) is 0 Å². The Morgan fingerprint density at radius 1 is 1.33 bits per heavy atom. The van der Waals surface area contributed by atoms with Gasteiger partial charge in [0, 0.05) is 5.70 Å². The van der Waals surface area contributed by atoms with E-state index in [9.17, 15) is 0 Å². The quantitative estimate of drug-likeness (QED) is 0.722. The summed E-state index contributed by atoms with van der Waals surface area (Å²) in [5.74, 6) is 0. The van der Waals surface area contributed by atoms with Gasteiger partial charge in [0.05, 0.1) is 0 Å². The molecule has 1 radical (unpaired) electrons. The number of nitrogens with two attached hydrogens (primary N) is 1. The van der Waals surface area contributed by atoms with E-state index in [2.05, 4.69) is 6.92 Å². The second-order valence-corrected chi connectivity index (χ2v) is 2.67. The molecule has 0 unspecified atom stereocenters. The minimum absolute atomic E-state index is 0.847. The smallest absolute Gasteiger partial charge is 0.0347 e. The first kappa shape index (κ1) is 8.85. The van der Waals surface area contributed by atoms with Crippen LogP contribution in [-0.4, -0.2) is 0 Å². The Labute approximate surface area is 73.9 Å². The maximum atomic E-state index is 5.81. The second-order valence-electron chi connectivity index (χ2n) is 2.67. The zero-order chi connectivity index (χ0) is 8.81. The molecule has 63 valence electrons. The first-order valence-corrected chi connectivity index (χ1v) is 4.15. The first-order valence-electron chi connectivity index (χ1n) is 4.15. The van der Waals surface area contributed by atoms with Gasteiger partial charge in [0.25, 0.3) is 0 Å². The molecule has 1 aromatic rings. The largest absolute Gasteiger partial charge is 0.399 e. The Kier molecular flexibility index (Phi) is 3.39. The lowest BCUT2D eigenvalue weighted by atomic mass is 10.1. The van der Waals surface area contributed by atoms with E-state index >= 15 is 0 Å². The highest BCUT2D eigenvalue weighted by atomic mass is 14.6. The molecule has 1 aromatic carbocycles. The van der Waals surface area contributed by atoms with Gasteiger partial charge < -0.3 is 5.73 Å². The van der Waals surface area contributed by atoms with E-state index < -0.39 is 0 Å². The van der Waals surface area contributed by atoms with Crippen LogP contribution in [0.1, 0.15) is 18.4 Å². The number of hydrogen-bond donors (Lipinski definition) is 1. The van der Waals surface area contributed by atoms with Crippen molar-refractivity contribution in [3.63, 3.8) is 0 Å². The molecule has 1 nitrogen and oxygen atoms in total. The molecule has 0 aliphatic rings. The molecule has 1 heteroatoms. The van der Waals surface area contributed by atoms with E-state index in [1.807, 2.05) is 36.4 Å². The summed E-state index contributed by atoms with van der Waals surface area (Å²) < 4.78 is 0. The average Bonchev–Trinajstić information content (AvgIpc) is 2.15. The van der Waals surface area contributed by atoms with Crippen LogP contribution < -0.4 is 5.73 Å². The second kappa shape index (κ2) is 4.60. The fourth-order valence-corrected chi connectivity index (χ4v) is 1.01. The molecular weight excluding hydrogens is 146 g/mol. The molecule has 0 saturated heterocycles. The van der Waals surface area contributed by atoms with Crippen LogP contribution >= 0.6 is 0 Å². The fourth-order valence-electron chi connectivity index (χ4n) is 1.01. The molecule has 0 spiro atoms. The van der Waals surface area contributed by atoms with E-state index in [-0.39, 0.29) is 0 Å². The van der Waals surface area contributed by atoms with Crippen molar-refractivity contribution < 1.29 is 0 Å². The number of allylic oxidation sites excluding steroid dienone is 1. The summed E-state index contributed by atoms with van der Waals surface area (Å²) >= 11 is 0. The molecule has 0 saturated carbocycles. The maximum Gasteiger partial charge on any atom is 0.0347 e. The van der Waals surface area contributed by atoms with Gasteiger partial charge in [-0.3, -0.25) is 0 Å². The topological polar surface area (TPSA) is 26.0 Å². The van der Waals surface area contributed by atoms with Gasteiger partial charge in [0.15, 0.2) is 0 Å². The number of hydrogen-bond acceptors (Lipinski definition) is 1. The molecule has 0 atom stereocenters. The van der Waals surface area contributed by atoms with Crippen LogP contribution in [0.5, 0.6) is 0 Å². The molecule has 1 rings (SSSR count). The zero-order valence-electron chi connectivity index (χ0n) is 7.16. The summed E-state index contributed by atoms with van der Waals surface area (Å²) in [7, 11) is 0. The van der Waals surface area contributed by atoms with Crippen molar-refractivity contribution in [3.05, 3.63) is 48.9 Å². The van der Waals surface area contributed by atoms with E-state index in [1.165, 1.54) is 0 Å². The van der Waals surface area contributed by atoms with Gasteiger partial charge in [-0.25, -0.2) is 0 Å². The SMILES string of the molecule is [CH2]CCC=C(N)c1ccccc1. The minimum Gasteiger partial charge on any atom is -0.399 e. The Bertz CT molecular complexity index is 249. The minimum atomic E-state index is 0.847. The van der Waals surface area contributed by atoms with Crippen LogP contribution in [-0.2, 0) is 0 Å². The number of benzene rings is 1. The fraction of sp³-hybridized carbons (Fsp3) is 0.182. The molecule has 0 aromatic heterocycles. The summed E-state index contributed by atoms with van der Waals surface area (Å²) in [6, 6.07) is 9.97. The Balaban J connectivity index is 2.71. The lowest BCUT2D eigenvalue weighted by Crippen LogP contribution is -1.95. The van der Waals surface area contributed by atoms with E-state index in [1.54, 1.807) is 0 Å². The van der Waals surface area contributed by atoms with Gasteiger partial charge in [-0.2, -0.15) is 0 Å². The van der Waals surface area contributed by atoms with Gasteiger partial charge >= 0.3 is 0 Å². The molecular formula is C11H14N. The van der Waals surface area contributed by atoms with Crippen molar-refractivity contribution in [2.24, 2.45) is 5.73 Å². The summed E-state index contributed by atoms with van der Waals surface area (Å²) in [6.45, 7) is 3.75. The van der Waals surface area contributed by atoms with Crippen LogP contribution in [0.2, 0.25) is 0 Å². The first-order chi connectivity index (χ1) is 5.84. The lowest BCUT2D eigenvalue weighted by Gasteiger charge is -1.99. The Morgan fingerprint density at radius 3 is 2.58 bits per heavy atom. The van der Waals surface area contributed by atoms with Gasteiger partial charge in [-0.1, -0.05) is 43.3 Å². The average molecular weight is 160 g/mol. The molecule has 2 N–H and O–H groups in total. The van der Waals surface area contributed by atoms with Crippen LogP contribution in [0, 0.1) is 6.92 Å². The summed E-state index contributed by atoms with van der Waals surface area (Å²) in [6.07, 6.45) is 3.86. The highest BCUT2D eigenvalue weighted by molar-refractivity contribution is 5.62. The Morgan fingerprint density at radius 2 is 2.00 bits per heavy atom. The molecule has 0 bridgehead atoms. The molecule has 0 aliphatic carbocycles. The molecule has 0 heterocycles. The van der Waals surface area contributed by atoms with Crippen LogP contribution in [0.3, 0.4) is 0 Å². The normalized spacial score (nSPS) is 11.6. The molecule has 12 heavy (non-hydrogen) atoms. The van der Waals surface area contributed by atoms with Gasteiger partial charge in [-0.05, 0) is 18.4 Å². The van der Waals surface area contributed by atoms with Crippen molar-refractivity contribution in [3.8, 4) is 0 Å². The van der Waals surface area contributed by atoms with E-state index in [0.29, 0.717) is 0 Å². The van der Waals surface area contributed by atoms with Crippen molar-refractivity contribution in [1.29, 1.82) is 0 Å². The maximum absolute atomic E-state index is 5.81. The van der Waals surface area contributed by atoms with Crippen molar-refractivity contribution in [2.45, 2.75) is 12.8 Å². The third-order valence-electron chi connectivity index (χ3n) is 1.68. The van der Waals surface area contributed by atoms with Crippen molar-refractivity contribution in [2.75, 3.05) is 0 Å². The van der Waals surface area contributed by atoms with Gasteiger partial charge in [0.2, 0.25) is 0 Å². The lowest BCUT2D eigenvalue weighted by molar-refractivity contribution is 1.05. The molecule has 0 aliphatic heterocycles. The van der Waals surface area contributed by atoms with E-state index in [0.717, 1.165) is 24.1 Å². The summed E-state index contributed by atoms with van der Waals surface area (Å²) in [5, 5.41) is 0. The highest BCUT2D eigenvalue weighted by Crippen LogP contribution is 2.08. The Hall–Kier alpha value is -1.24. The molecule has 0 fully saturated rings. The number of unbranched alkanes of at least 4 members (excludes halogenated alkanes) is 1. The van der Waals surface area contributed by atoms with Gasteiger partial charge in [0.1, 0.15) is 0 Å². The third kappa shape index (κ3) is 2.42. The molecule has 0 amide bonds. The monoisotopic (exact) mass is 160 g/mol. The highest BCUT2D eigenvalue weighted by Gasteiger charge is 1.91.